The maximum absolute atomic E-state index is 11.6. The molecule has 0 unspecified atom stereocenters. The lowest BCUT2D eigenvalue weighted by molar-refractivity contribution is -0.139. The first kappa shape index (κ1) is 16.8. The zero-order chi connectivity index (χ0) is 15.5. The van der Waals surface area contributed by atoms with E-state index in [2.05, 4.69) is 10.6 Å². The van der Waals surface area contributed by atoms with E-state index >= 15 is 0 Å². The second-order valence-corrected chi connectivity index (χ2v) is 4.14. The quantitative estimate of drug-likeness (QED) is 0.603. The van der Waals surface area contributed by atoms with Crippen LogP contribution in [-0.4, -0.2) is 43.5 Å². The standard InChI is InChI=1S/C14H20N2O5/c1-2-20-8-4-7-15-14(19)16-11-5-3-6-12(9-11)21-10-13(17)18/h3,5-6,9H,2,4,7-8,10H2,1H3,(H,17,18)(H2,15,16,19). The largest absolute Gasteiger partial charge is 0.482 e. The second-order valence-electron chi connectivity index (χ2n) is 4.14. The highest BCUT2D eigenvalue weighted by atomic mass is 16.5. The Kier molecular flexibility index (Phi) is 7.67. The Balaban J connectivity index is 2.34. The molecular formula is C14H20N2O5. The first-order chi connectivity index (χ1) is 10.1. The molecule has 1 aromatic rings. The smallest absolute Gasteiger partial charge is 0.341 e. The molecule has 0 saturated carbocycles. The third kappa shape index (κ3) is 7.78. The summed E-state index contributed by atoms with van der Waals surface area (Å²) in [6.45, 7) is 3.28. The normalized spacial score (nSPS) is 9.95. The van der Waals surface area contributed by atoms with Crippen molar-refractivity contribution in [2.24, 2.45) is 0 Å². The minimum Gasteiger partial charge on any atom is -0.482 e. The third-order valence-corrected chi connectivity index (χ3v) is 2.41. The lowest BCUT2D eigenvalue weighted by Crippen LogP contribution is -2.30. The number of aliphatic carboxylic acids is 1. The number of carbonyl (C=O) groups excluding carboxylic acids is 1. The Morgan fingerprint density at radius 2 is 2.14 bits per heavy atom. The predicted octanol–water partition coefficient (Wildman–Crippen LogP) is 1.70. The molecule has 1 rings (SSSR count). The van der Waals surface area contributed by atoms with Crippen molar-refractivity contribution in [1.29, 1.82) is 0 Å². The van der Waals surface area contributed by atoms with Gasteiger partial charge in [-0.15, -0.1) is 0 Å². The fraction of sp³-hybridized carbons (Fsp3) is 0.429. The summed E-state index contributed by atoms with van der Waals surface area (Å²) in [5, 5.41) is 13.9. The first-order valence-electron chi connectivity index (χ1n) is 6.69. The van der Waals surface area contributed by atoms with E-state index in [1.54, 1.807) is 24.3 Å². The molecular weight excluding hydrogens is 276 g/mol. The summed E-state index contributed by atoms with van der Waals surface area (Å²) in [5.74, 6) is -0.674. The summed E-state index contributed by atoms with van der Waals surface area (Å²) in [7, 11) is 0. The summed E-state index contributed by atoms with van der Waals surface area (Å²) in [6, 6.07) is 6.20. The summed E-state index contributed by atoms with van der Waals surface area (Å²) in [5.41, 5.74) is 0.528. The first-order valence-corrected chi connectivity index (χ1v) is 6.69. The maximum atomic E-state index is 11.6. The molecule has 0 aromatic heterocycles. The fourth-order valence-electron chi connectivity index (χ4n) is 1.50. The molecule has 0 atom stereocenters. The molecule has 0 fully saturated rings. The zero-order valence-electron chi connectivity index (χ0n) is 11.9. The molecule has 0 aliphatic heterocycles. The fourth-order valence-corrected chi connectivity index (χ4v) is 1.50. The highest BCUT2D eigenvalue weighted by Gasteiger charge is 2.03. The van der Waals surface area contributed by atoms with Crippen LogP contribution in [0.25, 0.3) is 0 Å². The van der Waals surface area contributed by atoms with Gasteiger partial charge in [-0.25, -0.2) is 9.59 Å². The zero-order valence-corrected chi connectivity index (χ0v) is 11.9. The van der Waals surface area contributed by atoms with Crippen LogP contribution in [0.4, 0.5) is 10.5 Å². The van der Waals surface area contributed by atoms with Gasteiger partial charge in [-0.05, 0) is 25.5 Å². The molecule has 0 saturated heterocycles. The van der Waals surface area contributed by atoms with E-state index in [4.69, 9.17) is 14.6 Å². The van der Waals surface area contributed by atoms with Crippen LogP contribution in [0.1, 0.15) is 13.3 Å². The number of nitrogens with one attached hydrogen (secondary N) is 2. The number of urea groups is 1. The van der Waals surface area contributed by atoms with Crippen LogP contribution in [0, 0.1) is 0 Å². The van der Waals surface area contributed by atoms with Crippen LogP contribution in [0.2, 0.25) is 0 Å². The molecule has 0 bridgehead atoms. The molecule has 0 spiro atoms. The van der Waals surface area contributed by atoms with E-state index in [1.807, 2.05) is 6.92 Å². The van der Waals surface area contributed by atoms with Crippen molar-refractivity contribution in [3.8, 4) is 5.75 Å². The van der Waals surface area contributed by atoms with Gasteiger partial charge in [-0.1, -0.05) is 6.07 Å². The number of carboxylic acids is 1. The van der Waals surface area contributed by atoms with E-state index in [0.717, 1.165) is 6.42 Å². The van der Waals surface area contributed by atoms with E-state index in [0.29, 0.717) is 31.2 Å². The lowest BCUT2D eigenvalue weighted by atomic mass is 10.3. The maximum Gasteiger partial charge on any atom is 0.341 e. The molecule has 0 heterocycles. The Labute approximate surface area is 123 Å². The SMILES string of the molecule is CCOCCCNC(=O)Nc1cccc(OCC(=O)O)c1. The molecule has 116 valence electrons. The van der Waals surface area contributed by atoms with Gasteiger partial charge in [0.25, 0.3) is 0 Å². The molecule has 0 aliphatic carbocycles. The van der Waals surface area contributed by atoms with Crippen LogP contribution in [0.5, 0.6) is 5.75 Å². The monoisotopic (exact) mass is 296 g/mol. The van der Waals surface area contributed by atoms with Gasteiger partial charge in [0.15, 0.2) is 6.61 Å². The van der Waals surface area contributed by atoms with Crippen LogP contribution < -0.4 is 15.4 Å². The summed E-state index contributed by atoms with van der Waals surface area (Å²) >= 11 is 0. The molecule has 2 amide bonds. The number of hydrogen-bond acceptors (Lipinski definition) is 4. The van der Waals surface area contributed by atoms with Crippen molar-refractivity contribution in [3.63, 3.8) is 0 Å². The number of benzene rings is 1. The molecule has 3 N–H and O–H groups in total. The topological polar surface area (TPSA) is 96.9 Å². The summed E-state index contributed by atoms with van der Waals surface area (Å²) in [4.78, 5) is 22.0. The van der Waals surface area contributed by atoms with Crippen molar-refractivity contribution in [2.45, 2.75) is 13.3 Å². The van der Waals surface area contributed by atoms with Crippen molar-refractivity contribution in [2.75, 3.05) is 31.7 Å². The highest BCUT2D eigenvalue weighted by Crippen LogP contribution is 2.17. The molecule has 0 radical (unpaired) electrons. The van der Waals surface area contributed by atoms with Gasteiger partial charge in [0.2, 0.25) is 0 Å². The number of carbonyl (C=O) groups is 2. The molecule has 7 heteroatoms. The Hall–Kier alpha value is -2.28. The van der Waals surface area contributed by atoms with E-state index in [-0.39, 0.29) is 6.03 Å². The van der Waals surface area contributed by atoms with Crippen LogP contribution >= 0.6 is 0 Å². The van der Waals surface area contributed by atoms with Gasteiger partial charge in [0, 0.05) is 31.5 Å². The van der Waals surface area contributed by atoms with Crippen LogP contribution in [0.3, 0.4) is 0 Å². The van der Waals surface area contributed by atoms with Crippen molar-refractivity contribution in [3.05, 3.63) is 24.3 Å². The number of ether oxygens (including phenoxy) is 2. The lowest BCUT2D eigenvalue weighted by Gasteiger charge is -2.09. The van der Waals surface area contributed by atoms with Crippen LogP contribution in [0.15, 0.2) is 24.3 Å². The highest BCUT2D eigenvalue weighted by molar-refractivity contribution is 5.89. The van der Waals surface area contributed by atoms with E-state index < -0.39 is 12.6 Å². The van der Waals surface area contributed by atoms with Crippen LogP contribution in [-0.2, 0) is 9.53 Å². The second kappa shape index (κ2) is 9.60. The third-order valence-electron chi connectivity index (χ3n) is 2.41. The van der Waals surface area contributed by atoms with Gasteiger partial charge in [-0.3, -0.25) is 0 Å². The predicted molar refractivity (Wildman–Crippen MR) is 77.7 cm³/mol. The number of carboxylic acid groups (broad SMARTS) is 1. The summed E-state index contributed by atoms with van der Waals surface area (Å²) in [6.07, 6.45) is 0.739. The Bertz CT molecular complexity index is 464. The molecule has 1 aromatic carbocycles. The minimum atomic E-state index is -1.06. The van der Waals surface area contributed by atoms with Crippen molar-refractivity contribution < 1.29 is 24.2 Å². The Morgan fingerprint density at radius 1 is 1.33 bits per heavy atom. The summed E-state index contributed by atoms with van der Waals surface area (Å²) < 4.78 is 10.2. The van der Waals surface area contributed by atoms with Crippen molar-refractivity contribution in [1.82, 2.24) is 5.32 Å². The van der Waals surface area contributed by atoms with E-state index in [1.165, 1.54) is 0 Å². The molecule has 0 aliphatic rings. The molecule has 7 nitrogen and oxygen atoms in total. The van der Waals surface area contributed by atoms with Gasteiger partial charge >= 0.3 is 12.0 Å². The average molecular weight is 296 g/mol. The number of hydrogen-bond donors (Lipinski definition) is 3. The van der Waals surface area contributed by atoms with Gasteiger partial charge in [-0.2, -0.15) is 0 Å². The van der Waals surface area contributed by atoms with Gasteiger partial charge in [0.05, 0.1) is 0 Å². The minimum absolute atomic E-state index is 0.332. The van der Waals surface area contributed by atoms with E-state index in [9.17, 15) is 9.59 Å². The molecule has 21 heavy (non-hydrogen) atoms. The number of amides is 2. The van der Waals surface area contributed by atoms with Gasteiger partial charge < -0.3 is 25.2 Å². The number of rotatable bonds is 9. The average Bonchev–Trinajstić information content (AvgIpc) is 2.45. The Morgan fingerprint density at radius 3 is 2.86 bits per heavy atom. The number of anilines is 1. The van der Waals surface area contributed by atoms with Crippen molar-refractivity contribution >= 4 is 17.7 Å². The van der Waals surface area contributed by atoms with Gasteiger partial charge in [0.1, 0.15) is 5.75 Å².